The van der Waals surface area contributed by atoms with E-state index < -0.39 is 5.41 Å². The second kappa shape index (κ2) is 3.77. The Morgan fingerprint density at radius 2 is 1.93 bits per heavy atom. The number of thiocarbonyl (C=S) groups is 1. The molecule has 0 atom stereocenters. The molecule has 0 unspecified atom stereocenters. The molecule has 3 nitrogen and oxygen atoms in total. The molecule has 0 fully saturated rings. The second-order valence-corrected chi connectivity index (χ2v) is 4.00. The number of nitrogens with zero attached hydrogens (tertiary/aromatic N) is 2. The normalized spacial score (nSPS) is 21.1. The first-order valence-electron chi connectivity index (χ1n) is 4.87. The molecular weight excluding hydrogens is 196 g/mol. The SMILES string of the molecule is CCC1(CC)C(=O)N(C)C(C)=NC1=S. The van der Waals surface area contributed by atoms with Gasteiger partial charge in [0.2, 0.25) is 5.91 Å². The van der Waals surface area contributed by atoms with Crippen molar-refractivity contribution < 1.29 is 4.79 Å². The molecule has 1 aliphatic heterocycles. The van der Waals surface area contributed by atoms with Gasteiger partial charge in [0.1, 0.15) is 16.2 Å². The lowest BCUT2D eigenvalue weighted by molar-refractivity contribution is -0.134. The van der Waals surface area contributed by atoms with E-state index >= 15 is 0 Å². The van der Waals surface area contributed by atoms with E-state index in [-0.39, 0.29) is 5.91 Å². The summed E-state index contributed by atoms with van der Waals surface area (Å²) in [6.07, 6.45) is 1.45. The van der Waals surface area contributed by atoms with Crippen LogP contribution in [0.1, 0.15) is 33.6 Å². The summed E-state index contributed by atoms with van der Waals surface area (Å²) >= 11 is 5.21. The summed E-state index contributed by atoms with van der Waals surface area (Å²) in [5, 5.41) is 0. The number of amidine groups is 1. The van der Waals surface area contributed by atoms with Crippen molar-refractivity contribution in [1.82, 2.24) is 4.90 Å². The molecule has 0 aliphatic carbocycles. The Balaban J connectivity index is 3.22. The van der Waals surface area contributed by atoms with Crippen LogP contribution in [0.4, 0.5) is 0 Å². The van der Waals surface area contributed by atoms with Crippen LogP contribution in [0, 0.1) is 5.41 Å². The Morgan fingerprint density at radius 1 is 1.43 bits per heavy atom. The average Bonchev–Trinajstić information content (AvgIpc) is 2.17. The Labute approximate surface area is 90.2 Å². The van der Waals surface area contributed by atoms with E-state index in [1.165, 1.54) is 0 Å². The lowest BCUT2D eigenvalue weighted by Gasteiger charge is -2.37. The van der Waals surface area contributed by atoms with Gasteiger partial charge in [-0.2, -0.15) is 0 Å². The largest absolute Gasteiger partial charge is 0.303 e. The summed E-state index contributed by atoms with van der Waals surface area (Å²) in [6.45, 7) is 5.77. The van der Waals surface area contributed by atoms with Crippen LogP contribution in [0.15, 0.2) is 4.99 Å². The molecule has 4 heteroatoms. The van der Waals surface area contributed by atoms with Crippen molar-refractivity contribution in [3.05, 3.63) is 0 Å². The van der Waals surface area contributed by atoms with E-state index in [2.05, 4.69) is 4.99 Å². The van der Waals surface area contributed by atoms with Crippen molar-refractivity contribution >= 4 is 28.9 Å². The molecule has 0 N–H and O–H groups in total. The fraction of sp³-hybridized carbons (Fsp3) is 0.700. The lowest BCUT2D eigenvalue weighted by Crippen LogP contribution is -2.51. The van der Waals surface area contributed by atoms with Gasteiger partial charge in [0.25, 0.3) is 0 Å². The molecule has 0 aromatic carbocycles. The van der Waals surface area contributed by atoms with Crippen LogP contribution >= 0.6 is 12.2 Å². The molecule has 0 saturated heterocycles. The van der Waals surface area contributed by atoms with Gasteiger partial charge < -0.3 is 4.90 Å². The standard InChI is InChI=1S/C10H16N2OS/c1-5-10(6-2)8(14)11-7(3)12(4)9(10)13/h5-6H2,1-4H3. The highest BCUT2D eigenvalue weighted by molar-refractivity contribution is 7.80. The van der Waals surface area contributed by atoms with Gasteiger partial charge in [0, 0.05) is 7.05 Å². The number of rotatable bonds is 2. The van der Waals surface area contributed by atoms with E-state index in [4.69, 9.17) is 12.2 Å². The smallest absolute Gasteiger partial charge is 0.240 e. The predicted molar refractivity (Wildman–Crippen MR) is 61.5 cm³/mol. The number of carbonyl (C=O) groups excluding carboxylic acids is 1. The minimum absolute atomic E-state index is 0.0833. The first-order valence-corrected chi connectivity index (χ1v) is 5.28. The molecule has 0 bridgehead atoms. The highest BCUT2D eigenvalue weighted by atomic mass is 32.1. The van der Waals surface area contributed by atoms with Crippen molar-refractivity contribution in [2.45, 2.75) is 33.6 Å². The molecule has 1 aliphatic rings. The third-order valence-corrected chi connectivity index (χ3v) is 3.56. The van der Waals surface area contributed by atoms with Gasteiger partial charge in [-0.05, 0) is 19.8 Å². The molecule has 14 heavy (non-hydrogen) atoms. The molecule has 1 heterocycles. The average molecular weight is 212 g/mol. The van der Waals surface area contributed by atoms with Crippen molar-refractivity contribution in [2.24, 2.45) is 10.4 Å². The highest BCUT2D eigenvalue weighted by Gasteiger charge is 2.44. The molecule has 78 valence electrons. The Hall–Kier alpha value is -0.770. The zero-order valence-electron chi connectivity index (χ0n) is 9.13. The quantitative estimate of drug-likeness (QED) is 0.656. The number of amides is 1. The van der Waals surface area contributed by atoms with Crippen molar-refractivity contribution in [1.29, 1.82) is 0 Å². The molecule has 1 rings (SSSR count). The molecule has 1 amide bonds. The third kappa shape index (κ3) is 1.38. The summed E-state index contributed by atoms with van der Waals surface area (Å²) in [4.78, 5) is 18.5. The monoisotopic (exact) mass is 212 g/mol. The van der Waals surface area contributed by atoms with Crippen LogP contribution in [0.3, 0.4) is 0 Å². The highest BCUT2D eigenvalue weighted by Crippen LogP contribution is 2.34. The first kappa shape index (κ1) is 11.3. The van der Waals surface area contributed by atoms with Crippen LogP contribution in [-0.2, 0) is 4.79 Å². The predicted octanol–water partition coefficient (Wildman–Crippen LogP) is 2.01. The van der Waals surface area contributed by atoms with Crippen LogP contribution in [0.2, 0.25) is 0 Å². The van der Waals surface area contributed by atoms with Crippen molar-refractivity contribution in [2.75, 3.05) is 7.05 Å². The van der Waals surface area contributed by atoms with Crippen molar-refractivity contribution in [3.63, 3.8) is 0 Å². The van der Waals surface area contributed by atoms with Gasteiger partial charge in [-0.3, -0.25) is 4.79 Å². The van der Waals surface area contributed by atoms with E-state index in [0.717, 1.165) is 12.8 Å². The van der Waals surface area contributed by atoms with Crippen LogP contribution in [-0.4, -0.2) is 28.7 Å². The maximum Gasteiger partial charge on any atom is 0.240 e. The van der Waals surface area contributed by atoms with E-state index in [0.29, 0.717) is 10.8 Å². The summed E-state index contributed by atoms with van der Waals surface area (Å²) in [7, 11) is 1.75. The maximum absolute atomic E-state index is 12.1. The third-order valence-electron chi connectivity index (χ3n) is 3.08. The zero-order chi connectivity index (χ0) is 10.9. The van der Waals surface area contributed by atoms with Gasteiger partial charge in [0.15, 0.2) is 0 Å². The summed E-state index contributed by atoms with van der Waals surface area (Å²) in [6, 6.07) is 0. The Morgan fingerprint density at radius 3 is 2.36 bits per heavy atom. The van der Waals surface area contributed by atoms with Crippen molar-refractivity contribution in [3.8, 4) is 0 Å². The summed E-state index contributed by atoms with van der Waals surface area (Å²) < 4.78 is 0. The van der Waals surface area contributed by atoms with Crippen LogP contribution < -0.4 is 0 Å². The molecule has 0 spiro atoms. The van der Waals surface area contributed by atoms with Gasteiger partial charge in [-0.1, -0.05) is 26.1 Å². The molecule has 0 radical (unpaired) electrons. The lowest BCUT2D eigenvalue weighted by atomic mass is 9.80. The maximum atomic E-state index is 12.1. The second-order valence-electron chi connectivity index (χ2n) is 3.62. The number of hydrogen-bond donors (Lipinski definition) is 0. The molecule has 0 aromatic rings. The summed E-state index contributed by atoms with van der Waals surface area (Å²) in [5.74, 6) is 0.775. The Bertz CT molecular complexity index is 305. The van der Waals surface area contributed by atoms with E-state index in [9.17, 15) is 4.79 Å². The zero-order valence-corrected chi connectivity index (χ0v) is 9.94. The van der Waals surface area contributed by atoms with Crippen LogP contribution in [0.5, 0.6) is 0 Å². The number of carbonyl (C=O) groups is 1. The van der Waals surface area contributed by atoms with E-state index in [1.807, 2.05) is 13.8 Å². The molecule has 0 saturated carbocycles. The topological polar surface area (TPSA) is 32.7 Å². The first-order chi connectivity index (χ1) is 6.49. The van der Waals surface area contributed by atoms with Gasteiger partial charge >= 0.3 is 0 Å². The molecular formula is C10H16N2OS. The van der Waals surface area contributed by atoms with Gasteiger partial charge in [-0.25, -0.2) is 4.99 Å². The van der Waals surface area contributed by atoms with Gasteiger partial charge in [0.05, 0.1) is 0 Å². The number of aliphatic imine (C=N–C) groups is 1. The fourth-order valence-corrected chi connectivity index (χ4v) is 2.25. The van der Waals surface area contributed by atoms with Crippen LogP contribution in [0.25, 0.3) is 0 Å². The van der Waals surface area contributed by atoms with Gasteiger partial charge in [-0.15, -0.1) is 0 Å². The Kier molecular flexibility index (Phi) is 3.04. The van der Waals surface area contributed by atoms with E-state index in [1.54, 1.807) is 18.9 Å². The minimum atomic E-state index is -0.538. The fourth-order valence-electron chi connectivity index (χ4n) is 1.74. The number of hydrogen-bond acceptors (Lipinski definition) is 2. The summed E-state index contributed by atoms with van der Waals surface area (Å²) in [5.41, 5.74) is -0.538. The minimum Gasteiger partial charge on any atom is -0.303 e. The molecule has 0 aromatic heterocycles.